The lowest BCUT2D eigenvalue weighted by molar-refractivity contribution is -0.127. The van der Waals surface area contributed by atoms with Crippen molar-refractivity contribution < 1.29 is 15.0 Å². The molecule has 0 spiro atoms. The molecule has 7 heteroatoms. The number of anilines is 2. The number of benzene rings is 1. The van der Waals surface area contributed by atoms with Crippen LogP contribution >= 0.6 is 0 Å². The third-order valence-electron chi connectivity index (χ3n) is 2.96. The van der Waals surface area contributed by atoms with E-state index < -0.39 is 5.91 Å². The quantitative estimate of drug-likeness (QED) is 0.324. The second-order valence-electron chi connectivity index (χ2n) is 4.64. The van der Waals surface area contributed by atoms with Gasteiger partial charge in [-0.2, -0.15) is 5.26 Å². The Bertz CT molecular complexity index is 587. The van der Waals surface area contributed by atoms with Gasteiger partial charge in [-0.15, -0.1) is 0 Å². The average Bonchev–Trinajstić information content (AvgIpc) is 2.50. The summed E-state index contributed by atoms with van der Waals surface area (Å²) in [5, 5.41) is 29.8. The van der Waals surface area contributed by atoms with Crippen LogP contribution in [0.25, 0.3) is 0 Å². The van der Waals surface area contributed by atoms with Crippen molar-refractivity contribution in [3.63, 3.8) is 0 Å². The molecule has 0 aliphatic heterocycles. The summed E-state index contributed by atoms with van der Waals surface area (Å²) in [6, 6.07) is 7.18. The maximum absolute atomic E-state index is 12.2. The molecular formula is C15H20N4O3. The van der Waals surface area contributed by atoms with Gasteiger partial charge in [0, 0.05) is 19.3 Å². The van der Waals surface area contributed by atoms with E-state index in [0.29, 0.717) is 11.4 Å². The van der Waals surface area contributed by atoms with Crippen LogP contribution in [0.3, 0.4) is 0 Å². The Balaban J connectivity index is 2.92. The van der Waals surface area contributed by atoms with Crippen LogP contribution in [0.2, 0.25) is 0 Å². The highest BCUT2D eigenvalue weighted by molar-refractivity contribution is 5.97. The van der Waals surface area contributed by atoms with Crippen LogP contribution in [0, 0.1) is 18.3 Å². The molecule has 0 saturated heterocycles. The highest BCUT2D eigenvalue weighted by atomic mass is 16.3. The Hall–Kier alpha value is -2.56. The Morgan fingerprint density at radius 1 is 1.41 bits per heavy atom. The lowest BCUT2D eigenvalue weighted by Gasteiger charge is -2.20. The third kappa shape index (κ3) is 4.77. The summed E-state index contributed by atoms with van der Waals surface area (Å²) in [4.78, 5) is 13.4. The van der Waals surface area contributed by atoms with Crippen LogP contribution < -0.4 is 11.1 Å². The van der Waals surface area contributed by atoms with Gasteiger partial charge in [-0.25, -0.2) is 0 Å². The van der Waals surface area contributed by atoms with Crippen LogP contribution in [0.4, 0.5) is 11.4 Å². The third-order valence-corrected chi connectivity index (χ3v) is 2.96. The van der Waals surface area contributed by atoms with Crippen molar-refractivity contribution in [1.82, 2.24) is 4.90 Å². The summed E-state index contributed by atoms with van der Waals surface area (Å²) < 4.78 is 0. The number of carbonyl (C=O) groups excluding carboxylic acids is 1. The van der Waals surface area contributed by atoms with Crippen LogP contribution in [0.15, 0.2) is 30.0 Å². The lowest BCUT2D eigenvalue weighted by atomic mass is 10.2. The molecule has 0 atom stereocenters. The fourth-order valence-electron chi connectivity index (χ4n) is 1.81. The molecule has 1 aromatic rings. The molecule has 1 aromatic carbocycles. The first-order valence-corrected chi connectivity index (χ1v) is 6.77. The molecule has 1 rings (SSSR count). The lowest BCUT2D eigenvalue weighted by Crippen LogP contribution is -2.36. The maximum atomic E-state index is 12.2. The monoisotopic (exact) mass is 304 g/mol. The number of aryl methyl sites for hydroxylation is 1. The summed E-state index contributed by atoms with van der Waals surface area (Å²) >= 11 is 0. The SMILES string of the molecule is Cc1ccc(N)c(N/C=C(/C#N)C(=O)N(CCO)CCO)c1. The van der Waals surface area contributed by atoms with Crippen molar-refractivity contribution in [1.29, 1.82) is 5.26 Å². The van der Waals surface area contributed by atoms with Crippen molar-refractivity contribution in [2.24, 2.45) is 0 Å². The van der Waals surface area contributed by atoms with E-state index in [-0.39, 0.29) is 31.9 Å². The number of nitriles is 1. The molecule has 7 nitrogen and oxygen atoms in total. The predicted molar refractivity (Wildman–Crippen MR) is 83.7 cm³/mol. The van der Waals surface area contributed by atoms with E-state index in [1.807, 2.05) is 13.0 Å². The fourth-order valence-corrected chi connectivity index (χ4v) is 1.81. The standard InChI is InChI=1S/C15H20N4O3/c1-11-2-3-13(17)14(8-11)18-10-12(9-16)15(22)19(4-6-20)5-7-21/h2-3,8,10,18,20-21H,4-7,17H2,1H3/b12-10-. The van der Waals surface area contributed by atoms with E-state index in [0.717, 1.165) is 5.56 Å². The topological polar surface area (TPSA) is 123 Å². The van der Waals surface area contributed by atoms with Crippen molar-refractivity contribution in [2.75, 3.05) is 37.4 Å². The molecule has 118 valence electrons. The predicted octanol–water partition coefficient (Wildman–Crippen LogP) is 0.210. The number of aliphatic hydroxyl groups excluding tert-OH is 2. The number of amides is 1. The number of hydrogen-bond donors (Lipinski definition) is 4. The van der Waals surface area contributed by atoms with E-state index in [1.54, 1.807) is 18.2 Å². The van der Waals surface area contributed by atoms with Gasteiger partial charge < -0.3 is 26.2 Å². The summed E-state index contributed by atoms with van der Waals surface area (Å²) in [6.07, 6.45) is 1.27. The number of nitrogens with one attached hydrogen (secondary N) is 1. The number of aliphatic hydroxyl groups is 2. The smallest absolute Gasteiger partial charge is 0.266 e. The highest BCUT2D eigenvalue weighted by Gasteiger charge is 2.17. The van der Waals surface area contributed by atoms with Gasteiger partial charge >= 0.3 is 0 Å². The maximum Gasteiger partial charge on any atom is 0.266 e. The highest BCUT2D eigenvalue weighted by Crippen LogP contribution is 2.19. The Labute approximate surface area is 129 Å². The first-order chi connectivity index (χ1) is 10.5. The second-order valence-corrected chi connectivity index (χ2v) is 4.64. The number of hydrogen-bond acceptors (Lipinski definition) is 6. The first-order valence-electron chi connectivity index (χ1n) is 6.77. The van der Waals surface area contributed by atoms with Crippen molar-refractivity contribution in [3.8, 4) is 6.07 Å². The number of carbonyl (C=O) groups is 1. The molecule has 0 heterocycles. The van der Waals surface area contributed by atoms with Gasteiger partial charge in [-0.1, -0.05) is 6.07 Å². The zero-order valence-electron chi connectivity index (χ0n) is 12.4. The molecule has 0 aromatic heterocycles. The zero-order valence-corrected chi connectivity index (χ0v) is 12.4. The first kappa shape index (κ1) is 17.5. The van der Waals surface area contributed by atoms with Crippen LogP contribution in [-0.4, -0.2) is 47.3 Å². The number of nitrogens with two attached hydrogens (primary N) is 1. The van der Waals surface area contributed by atoms with Gasteiger partial charge in [0.05, 0.1) is 24.6 Å². The molecule has 0 aliphatic carbocycles. The summed E-state index contributed by atoms with van der Waals surface area (Å²) in [7, 11) is 0. The second kappa shape index (κ2) is 8.67. The molecular weight excluding hydrogens is 284 g/mol. The summed E-state index contributed by atoms with van der Waals surface area (Å²) in [5.74, 6) is -0.565. The number of nitrogens with zero attached hydrogens (tertiary/aromatic N) is 2. The van der Waals surface area contributed by atoms with E-state index in [4.69, 9.17) is 21.2 Å². The van der Waals surface area contributed by atoms with Crippen LogP contribution in [0.5, 0.6) is 0 Å². The molecule has 5 N–H and O–H groups in total. The fraction of sp³-hybridized carbons (Fsp3) is 0.333. The molecule has 0 saturated carbocycles. The van der Waals surface area contributed by atoms with Crippen molar-refractivity contribution in [3.05, 3.63) is 35.5 Å². The number of nitrogen functional groups attached to an aromatic ring is 1. The summed E-state index contributed by atoms with van der Waals surface area (Å²) in [6.45, 7) is 1.50. The van der Waals surface area contributed by atoms with Crippen molar-refractivity contribution >= 4 is 17.3 Å². The minimum atomic E-state index is -0.565. The van der Waals surface area contributed by atoms with E-state index in [9.17, 15) is 4.79 Å². The Morgan fingerprint density at radius 2 is 2.05 bits per heavy atom. The largest absolute Gasteiger partial charge is 0.397 e. The molecule has 0 fully saturated rings. The minimum absolute atomic E-state index is 0.0466. The van der Waals surface area contributed by atoms with E-state index in [2.05, 4.69) is 5.32 Å². The zero-order chi connectivity index (χ0) is 16.5. The molecule has 0 aliphatic rings. The molecule has 1 amide bonds. The normalized spacial score (nSPS) is 10.9. The van der Waals surface area contributed by atoms with Crippen molar-refractivity contribution in [2.45, 2.75) is 6.92 Å². The van der Waals surface area contributed by atoms with Gasteiger partial charge in [0.1, 0.15) is 11.6 Å². The van der Waals surface area contributed by atoms with Gasteiger partial charge in [-0.3, -0.25) is 4.79 Å². The van der Waals surface area contributed by atoms with Gasteiger partial charge in [0.2, 0.25) is 0 Å². The van der Waals surface area contributed by atoms with E-state index in [1.165, 1.54) is 11.1 Å². The average molecular weight is 304 g/mol. The van der Waals surface area contributed by atoms with Gasteiger partial charge in [0.15, 0.2) is 0 Å². The molecule has 0 radical (unpaired) electrons. The molecule has 0 unspecified atom stereocenters. The van der Waals surface area contributed by atoms with E-state index >= 15 is 0 Å². The van der Waals surface area contributed by atoms with Crippen LogP contribution in [0.1, 0.15) is 5.56 Å². The number of rotatable bonds is 7. The molecule has 22 heavy (non-hydrogen) atoms. The Morgan fingerprint density at radius 3 is 2.59 bits per heavy atom. The minimum Gasteiger partial charge on any atom is -0.397 e. The van der Waals surface area contributed by atoms with Crippen LogP contribution in [-0.2, 0) is 4.79 Å². The van der Waals surface area contributed by atoms with Gasteiger partial charge in [0.25, 0.3) is 5.91 Å². The van der Waals surface area contributed by atoms with Gasteiger partial charge in [-0.05, 0) is 24.6 Å². The molecule has 0 bridgehead atoms. The summed E-state index contributed by atoms with van der Waals surface area (Å²) in [5.41, 5.74) is 7.75. The Kier molecular flexibility index (Phi) is 6.89.